The van der Waals surface area contributed by atoms with Crippen LogP contribution in [0.15, 0.2) is 73.1 Å². The fraction of sp³-hybridized carbons (Fsp3) is 0.200. The number of hydrogen-bond acceptors (Lipinski definition) is 2. The Kier molecular flexibility index (Phi) is 5.05. The topological polar surface area (TPSA) is 24.1 Å². The zero-order valence-electron chi connectivity index (χ0n) is 13.6. The van der Waals surface area contributed by atoms with E-state index < -0.39 is 0 Å². The molecule has 0 aliphatic heterocycles. The van der Waals surface area contributed by atoms with Gasteiger partial charge in [0, 0.05) is 17.1 Å². The van der Waals surface area contributed by atoms with Crippen molar-refractivity contribution in [2.45, 2.75) is 26.8 Å². The maximum Gasteiger partial charge on any atom is 0.0909 e. The van der Waals surface area contributed by atoms with Crippen LogP contribution in [0.1, 0.15) is 29.7 Å². The van der Waals surface area contributed by atoms with Crippen molar-refractivity contribution in [3.05, 3.63) is 89.8 Å². The van der Waals surface area contributed by atoms with E-state index in [1.165, 1.54) is 11.1 Å². The molecule has 0 aliphatic rings. The van der Waals surface area contributed by atoms with Crippen LogP contribution >= 0.6 is 0 Å². The lowest BCUT2D eigenvalue weighted by Gasteiger charge is -2.24. The summed E-state index contributed by atoms with van der Waals surface area (Å²) in [6.45, 7) is 14.4. The fourth-order valence-corrected chi connectivity index (χ4v) is 2.34. The molecule has 0 fully saturated rings. The lowest BCUT2D eigenvalue weighted by Crippen LogP contribution is -2.24. The van der Waals surface area contributed by atoms with E-state index in [-0.39, 0.29) is 6.04 Å². The third-order valence-electron chi connectivity index (χ3n) is 3.68. The molecule has 2 nitrogen and oxygen atoms in total. The Morgan fingerprint density at radius 1 is 0.955 bits per heavy atom. The van der Waals surface area contributed by atoms with Gasteiger partial charge in [-0.3, -0.25) is 0 Å². The SMILES string of the molecule is C=C(C)NC(C(=C)Nc1ccc(C)c(C)c1)c1ccccc1. The second-order valence-corrected chi connectivity index (χ2v) is 5.72. The van der Waals surface area contributed by atoms with Crippen molar-refractivity contribution < 1.29 is 0 Å². The molecular formula is C20H24N2. The van der Waals surface area contributed by atoms with E-state index >= 15 is 0 Å². The summed E-state index contributed by atoms with van der Waals surface area (Å²) < 4.78 is 0. The van der Waals surface area contributed by atoms with Crippen molar-refractivity contribution in [1.29, 1.82) is 0 Å². The molecule has 22 heavy (non-hydrogen) atoms. The molecule has 1 atom stereocenters. The number of hydrogen-bond donors (Lipinski definition) is 2. The van der Waals surface area contributed by atoms with Gasteiger partial charge in [-0.25, -0.2) is 0 Å². The van der Waals surface area contributed by atoms with Gasteiger partial charge in [-0.05, 0) is 49.6 Å². The Morgan fingerprint density at radius 3 is 2.23 bits per heavy atom. The molecule has 0 aliphatic carbocycles. The smallest absolute Gasteiger partial charge is 0.0909 e. The van der Waals surface area contributed by atoms with Crippen molar-refractivity contribution in [1.82, 2.24) is 5.32 Å². The predicted octanol–water partition coefficient (Wildman–Crippen LogP) is 5.09. The van der Waals surface area contributed by atoms with Crippen LogP contribution in [0.2, 0.25) is 0 Å². The fourth-order valence-electron chi connectivity index (χ4n) is 2.34. The molecule has 0 saturated carbocycles. The van der Waals surface area contributed by atoms with Gasteiger partial charge >= 0.3 is 0 Å². The van der Waals surface area contributed by atoms with E-state index in [2.05, 4.69) is 68.0 Å². The molecule has 2 aromatic carbocycles. The maximum absolute atomic E-state index is 4.22. The average molecular weight is 292 g/mol. The zero-order chi connectivity index (χ0) is 16.1. The molecule has 1 unspecified atom stereocenters. The normalized spacial score (nSPS) is 11.6. The van der Waals surface area contributed by atoms with Crippen molar-refractivity contribution in [3.8, 4) is 0 Å². The first-order valence-electron chi connectivity index (χ1n) is 7.47. The van der Waals surface area contributed by atoms with Crippen LogP contribution in [0.5, 0.6) is 0 Å². The van der Waals surface area contributed by atoms with Crippen LogP contribution in [-0.4, -0.2) is 0 Å². The summed E-state index contributed by atoms with van der Waals surface area (Å²) in [6.07, 6.45) is 0. The highest BCUT2D eigenvalue weighted by Gasteiger charge is 2.14. The summed E-state index contributed by atoms with van der Waals surface area (Å²) in [5.41, 5.74) is 6.58. The minimum Gasteiger partial charge on any atom is -0.377 e. The number of allylic oxidation sites excluding steroid dienone is 1. The summed E-state index contributed by atoms with van der Waals surface area (Å²) in [5.74, 6) is 0. The van der Waals surface area contributed by atoms with Gasteiger partial charge in [0.2, 0.25) is 0 Å². The number of anilines is 1. The van der Waals surface area contributed by atoms with Gasteiger partial charge in [-0.15, -0.1) is 0 Å². The second kappa shape index (κ2) is 6.99. The van der Waals surface area contributed by atoms with Crippen molar-refractivity contribution in [2.75, 3.05) is 5.32 Å². The maximum atomic E-state index is 4.22. The molecule has 114 valence electrons. The zero-order valence-corrected chi connectivity index (χ0v) is 13.6. The Hall–Kier alpha value is -2.48. The van der Waals surface area contributed by atoms with Crippen LogP contribution in [0.25, 0.3) is 0 Å². The predicted molar refractivity (Wildman–Crippen MR) is 95.8 cm³/mol. The van der Waals surface area contributed by atoms with Crippen LogP contribution in [-0.2, 0) is 0 Å². The van der Waals surface area contributed by atoms with E-state index in [4.69, 9.17) is 0 Å². The van der Waals surface area contributed by atoms with Crippen molar-refractivity contribution in [3.63, 3.8) is 0 Å². The summed E-state index contributed by atoms with van der Waals surface area (Å²) in [5, 5.41) is 6.80. The molecule has 0 radical (unpaired) electrons. The average Bonchev–Trinajstić information content (AvgIpc) is 2.49. The number of benzene rings is 2. The number of rotatable bonds is 6. The third kappa shape index (κ3) is 4.01. The van der Waals surface area contributed by atoms with Gasteiger partial charge in [0.05, 0.1) is 6.04 Å². The minimum absolute atomic E-state index is 0.0136. The Bertz CT molecular complexity index is 671. The third-order valence-corrected chi connectivity index (χ3v) is 3.68. The highest BCUT2D eigenvalue weighted by atomic mass is 15.0. The van der Waals surface area contributed by atoms with Gasteiger partial charge in [0.15, 0.2) is 0 Å². The standard InChI is InChI=1S/C20H24N2/c1-14(2)21-20(18-9-7-6-8-10-18)17(5)22-19-12-11-15(3)16(4)13-19/h6-13,20-22H,1,5H2,2-4H3. The Balaban J connectivity index is 2.22. The van der Waals surface area contributed by atoms with E-state index in [0.717, 1.165) is 22.6 Å². The minimum atomic E-state index is -0.0136. The van der Waals surface area contributed by atoms with Crippen LogP contribution < -0.4 is 10.6 Å². The molecule has 0 aromatic heterocycles. The van der Waals surface area contributed by atoms with E-state index in [9.17, 15) is 0 Å². The van der Waals surface area contributed by atoms with Gasteiger partial charge in [-0.1, -0.05) is 49.6 Å². The molecule has 0 heterocycles. The highest BCUT2D eigenvalue weighted by Crippen LogP contribution is 2.24. The van der Waals surface area contributed by atoms with Gasteiger partial charge in [-0.2, -0.15) is 0 Å². The van der Waals surface area contributed by atoms with E-state index in [1.54, 1.807) is 0 Å². The molecule has 0 amide bonds. The summed E-state index contributed by atoms with van der Waals surface area (Å²) in [4.78, 5) is 0. The highest BCUT2D eigenvalue weighted by molar-refractivity contribution is 5.53. The second-order valence-electron chi connectivity index (χ2n) is 5.72. The first-order chi connectivity index (χ1) is 10.5. The van der Waals surface area contributed by atoms with Crippen LogP contribution in [0, 0.1) is 13.8 Å². The molecule has 2 heteroatoms. The Morgan fingerprint density at radius 2 is 1.64 bits per heavy atom. The molecular weight excluding hydrogens is 268 g/mol. The van der Waals surface area contributed by atoms with Crippen LogP contribution in [0.4, 0.5) is 5.69 Å². The monoisotopic (exact) mass is 292 g/mol. The summed E-state index contributed by atoms with van der Waals surface area (Å²) in [6, 6.07) is 16.6. The van der Waals surface area contributed by atoms with Crippen LogP contribution in [0.3, 0.4) is 0 Å². The van der Waals surface area contributed by atoms with E-state index in [0.29, 0.717) is 0 Å². The largest absolute Gasteiger partial charge is 0.377 e. The van der Waals surface area contributed by atoms with Gasteiger partial charge < -0.3 is 10.6 Å². The lowest BCUT2D eigenvalue weighted by atomic mass is 10.0. The molecule has 0 spiro atoms. The number of nitrogens with one attached hydrogen (secondary N) is 2. The van der Waals surface area contributed by atoms with Gasteiger partial charge in [0.25, 0.3) is 0 Å². The van der Waals surface area contributed by atoms with E-state index in [1.807, 2.05) is 25.1 Å². The van der Waals surface area contributed by atoms with Crippen molar-refractivity contribution >= 4 is 5.69 Å². The first-order valence-corrected chi connectivity index (χ1v) is 7.47. The molecule has 2 N–H and O–H groups in total. The summed E-state index contributed by atoms with van der Waals surface area (Å²) in [7, 11) is 0. The molecule has 2 rings (SSSR count). The van der Waals surface area contributed by atoms with Crippen molar-refractivity contribution in [2.24, 2.45) is 0 Å². The van der Waals surface area contributed by atoms with Gasteiger partial charge in [0.1, 0.15) is 0 Å². The quantitative estimate of drug-likeness (QED) is 0.774. The lowest BCUT2D eigenvalue weighted by molar-refractivity contribution is 0.686. The first kappa shape index (κ1) is 15.9. The summed E-state index contributed by atoms with van der Waals surface area (Å²) >= 11 is 0. The molecule has 0 bridgehead atoms. The number of aryl methyl sites for hydroxylation is 2. The Labute approximate surface area is 133 Å². The molecule has 2 aromatic rings. The molecule has 0 saturated heterocycles.